The zero-order valence-corrected chi connectivity index (χ0v) is 42.2. The monoisotopic (exact) mass is 903 g/mol. The fraction of sp³-hybridized carbons (Fsp3) is 0.678. The molecule has 1 atom stereocenters. The van der Waals surface area contributed by atoms with Gasteiger partial charge in [-0.25, -0.2) is 0 Å². The number of hydrogen-bond acceptors (Lipinski definition) is 6. The van der Waals surface area contributed by atoms with E-state index in [2.05, 4.69) is 118 Å². The molecular weight excluding hydrogens is 805 g/mol. The van der Waals surface area contributed by atoms with E-state index in [1.54, 1.807) is 0 Å². The van der Waals surface area contributed by atoms with Crippen LogP contribution in [0.5, 0.6) is 0 Å². The lowest BCUT2D eigenvalue weighted by Gasteiger charge is -2.18. The van der Waals surface area contributed by atoms with Crippen molar-refractivity contribution in [1.82, 2.24) is 0 Å². The van der Waals surface area contributed by atoms with Crippen LogP contribution in [0.15, 0.2) is 97.2 Å². The maximum absolute atomic E-state index is 12.8. The second-order valence-electron chi connectivity index (χ2n) is 17.4. The van der Waals surface area contributed by atoms with Gasteiger partial charge in [0.1, 0.15) is 13.2 Å². The molecule has 0 saturated carbocycles. The van der Waals surface area contributed by atoms with Gasteiger partial charge in [-0.15, -0.1) is 0 Å². The van der Waals surface area contributed by atoms with E-state index in [1.165, 1.54) is 103 Å². The van der Waals surface area contributed by atoms with Gasteiger partial charge in [0.15, 0.2) is 6.10 Å². The first-order chi connectivity index (χ1) is 32.0. The minimum atomic E-state index is -0.815. The van der Waals surface area contributed by atoms with Crippen molar-refractivity contribution in [1.29, 1.82) is 0 Å². The highest BCUT2D eigenvalue weighted by molar-refractivity contribution is 5.71. The summed E-state index contributed by atoms with van der Waals surface area (Å²) in [6.07, 6.45) is 69.7. The fourth-order valence-electron chi connectivity index (χ4n) is 7.07. The lowest BCUT2D eigenvalue weighted by Crippen LogP contribution is -2.30. The average molecular weight is 903 g/mol. The number of rotatable bonds is 47. The van der Waals surface area contributed by atoms with Crippen molar-refractivity contribution in [3.63, 3.8) is 0 Å². The Morgan fingerprint density at radius 2 is 0.615 bits per heavy atom. The number of allylic oxidation sites excluding steroid dienone is 16. The first-order valence-corrected chi connectivity index (χ1v) is 26.7. The van der Waals surface area contributed by atoms with Crippen LogP contribution in [-0.4, -0.2) is 37.2 Å². The Bertz CT molecular complexity index is 1310. The fourth-order valence-corrected chi connectivity index (χ4v) is 7.07. The molecule has 0 N–H and O–H groups in total. The first-order valence-electron chi connectivity index (χ1n) is 26.7. The van der Waals surface area contributed by atoms with Crippen LogP contribution in [0.1, 0.15) is 239 Å². The van der Waals surface area contributed by atoms with Crippen molar-refractivity contribution >= 4 is 17.9 Å². The zero-order valence-electron chi connectivity index (χ0n) is 42.2. The quantitative estimate of drug-likeness (QED) is 0.0262. The molecule has 0 heterocycles. The van der Waals surface area contributed by atoms with Gasteiger partial charge in [0.2, 0.25) is 0 Å². The van der Waals surface area contributed by atoms with Crippen molar-refractivity contribution < 1.29 is 28.6 Å². The van der Waals surface area contributed by atoms with E-state index in [0.717, 1.165) is 83.5 Å². The van der Waals surface area contributed by atoms with Gasteiger partial charge in [0.05, 0.1) is 0 Å². The van der Waals surface area contributed by atoms with Gasteiger partial charge >= 0.3 is 17.9 Å². The van der Waals surface area contributed by atoms with Crippen molar-refractivity contribution in [3.8, 4) is 0 Å². The minimum absolute atomic E-state index is 0.115. The third-order valence-electron chi connectivity index (χ3n) is 11.1. The van der Waals surface area contributed by atoms with Gasteiger partial charge in [-0.3, -0.25) is 14.4 Å². The highest BCUT2D eigenvalue weighted by atomic mass is 16.6. The molecule has 0 aliphatic heterocycles. The topological polar surface area (TPSA) is 78.9 Å². The van der Waals surface area contributed by atoms with E-state index < -0.39 is 6.10 Å². The van der Waals surface area contributed by atoms with Gasteiger partial charge in [-0.05, 0) is 96.3 Å². The number of carbonyl (C=O) groups excluding carboxylic acids is 3. The molecular formula is C59H98O6. The molecule has 0 unspecified atom stereocenters. The Morgan fingerprint density at radius 3 is 1.03 bits per heavy atom. The molecule has 65 heavy (non-hydrogen) atoms. The number of ether oxygens (including phenoxy) is 3. The summed E-state index contributed by atoms with van der Waals surface area (Å²) in [5, 5.41) is 0. The van der Waals surface area contributed by atoms with Crippen molar-refractivity contribution in [2.24, 2.45) is 0 Å². The molecule has 0 aromatic heterocycles. The van der Waals surface area contributed by atoms with Crippen LogP contribution < -0.4 is 0 Å². The van der Waals surface area contributed by atoms with Crippen molar-refractivity contribution in [3.05, 3.63) is 97.2 Å². The van der Waals surface area contributed by atoms with E-state index in [1.807, 2.05) is 0 Å². The summed E-state index contributed by atoms with van der Waals surface area (Å²) in [6.45, 7) is 6.41. The van der Waals surface area contributed by atoms with Crippen LogP contribution in [0.25, 0.3) is 0 Å². The second-order valence-corrected chi connectivity index (χ2v) is 17.4. The molecule has 6 heteroatoms. The van der Waals surface area contributed by atoms with Crippen LogP contribution in [0.3, 0.4) is 0 Å². The molecule has 0 radical (unpaired) electrons. The Hall–Kier alpha value is -3.67. The Labute approximate surface area is 400 Å². The van der Waals surface area contributed by atoms with Gasteiger partial charge in [0, 0.05) is 19.3 Å². The number of esters is 3. The van der Waals surface area contributed by atoms with Crippen molar-refractivity contribution in [2.75, 3.05) is 13.2 Å². The Morgan fingerprint density at radius 1 is 0.323 bits per heavy atom. The first kappa shape index (κ1) is 61.3. The number of hydrogen-bond donors (Lipinski definition) is 0. The van der Waals surface area contributed by atoms with E-state index >= 15 is 0 Å². The molecule has 0 spiro atoms. The van der Waals surface area contributed by atoms with Gasteiger partial charge in [-0.2, -0.15) is 0 Å². The maximum atomic E-state index is 12.8. The minimum Gasteiger partial charge on any atom is -0.462 e. The molecule has 6 nitrogen and oxygen atoms in total. The van der Waals surface area contributed by atoms with Crippen LogP contribution in [0.4, 0.5) is 0 Å². The molecule has 0 aliphatic carbocycles. The largest absolute Gasteiger partial charge is 0.462 e. The highest BCUT2D eigenvalue weighted by Gasteiger charge is 2.19. The standard InChI is InChI=1S/C59H98O6/c1-4-7-10-13-16-19-22-25-28-29-32-34-37-40-43-46-49-52-58(61)64-55-56(65-59(62)53-50-47-44-41-38-35-31-27-24-21-18-15-12-9-6-3)54-63-57(60)51-48-45-42-39-36-33-30-26-23-20-17-14-11-8-5-2/h8,11,16-17,19-20,25-26,28,30,32,34,36,39-40,43,56H,4-7,9-10,12-15,18,21-24,27,29,31,33,35,37-38,41-42,44-55H2,1-3H3/b11-8-,19-16-,20-17-,28-25-,30-26-,34-32-,39-36-,43-40-/t56-/m1/s1. The van der Waals surface area contributed by atoms with Gasteiger partial charge in [0.25, 0.3) is 0 Å². The number of carbonyl (C=O) groups is 3. The molecule has 370 valence electrons. The summed E-state index contributed by atoms with van der Waals surface area (Å²) in [5.41, 5.74) is 0. The smallest absolute Gasteiger partial charge is 0.306 e. The molecule has 0 amide bonds. The Balaban J connectivity index is 4.53. The molecule has 0 fully saturated rings. The molecule has 0 aromatic rings. The second kappa shape index (κ2) is 52.9. The molecule has 0 rings (SSSR count). The van der Waals surface area contributed by atoms with Crippen molar-refractivity contribution in [2.45, 2.75) is 245 Å². The normalized spacial score (nSPS) is 12.8. The predicted molar refractivity (Wildman–Crippen MR) is 279 cm³/mol. The molecule has 0 saturated heterocycles. The van der Waals surface area contributed by atoms with Gasteiger partial charge < -0.3 is 14.2 Å². The van der Waals surface area contributed by atoms with E-state index in [9.17, 15) is 14.4 Å². The number of unbranched alkanes of at least 4 members (excludes halogenated alkanes) is 20. The third-order valence-corrected chi connectivity index (χ3v) is 11.1. The summed E-state index contributed by atoms with van der Waals surface area (Å²) in [7, 11) is 0. The lowest BCUT2D eigenvalue weighted by molar-refractivity contribution is -0.167. The van der Waals surface area contributed by atoms with E-state index in [-0.39, 0.29) is 37.5 Å². The highest BCUT2D eigenvalue weighted by Crippen LogP contribution is 2.15. The van der Waals surface area contributed by atoms with E-state index in [4.69, 9.17) is 14.2 Å². The van der Waals surface area contributed by atoms with Crippen LogP contribution in [-0.2, 0) is 28.6 Å². The average Bonchev–Trinajstić information content (AvgIpc) is 3.30. The van der Waals surface area contributed by atoms with Crippen LogP contribution in [0.2, 0.25) is 0 Å². The molecule has 0 aliphatic rings. The molecule has 0 bridgehead atoms. The summed E-state index contributed by atoms with van der Waals surface area (Å²) in [4.78, 5) is 38.0. The summed E-state index contributed by atoms with van der Waals surface area (Å²) >= 11 is 0. The Kier molecular flexibility index (Phi) is 50.0. The maximum Gasteiger partial charge on any atom is 0.306 e. The summed E-state index contributed by atoms with van der Waals surface area (Å²) in [5.74, 6) is -1.01. The van der Waals surface area contributed by atoms with E-state index in [0.29, 0.717) is 25.7 Å². The predicted octanol–water partition coefficient (Wildman–Crippen LogP) is 17.8. The SMILES string of the molecule is CC/C=C\C/C=C\C/C=C\C/C=C\CCCCC(=O)OC[C@H](COC(=O)CCC/C=C\C/C=C\C/C=C\C/C=C\CCCCC)OC(=O)CCCCCCCCCCCCCCCCC. The summed E-state index contributed by atoms with van der Waals surface area (Å²) in [6, 6.07) is 0. The van der Waals surface area contributed by atoms with Gasteiger partial charge in [-0.1, -0.05) is 221 Å². The third kappa shape index (κ3) is 51.2. The zero-order chi connectivity index (χ0) is 47.2. The van der Waals surface area contributed by atoms with Crippen LogP contribution >= 0.6 is 0 Å². The van der Waals surface area contributed by atoms with Crippen LogP contribution in [0, 0.1) is 0 Å². The summed E-state index contributed by atoms with van der Waals surface area (Å²) < 4.78 is 16.7. The molecule has 0 aromatic carbocycles. The lowest BCUT2D eigenvalue weighted by atomic mass is 10.0.